The number of carbonyl (C=O) groups excluding carboxylic acids is 2. The number of carbonyl (C=O) groups is 2. The molecule has 0 saturated heterocycles. The fraction of sp³-hybridized carbons (Fsp3) is 0.133. The molecule has 3 rings (SSSR count). The largest absolute Gasteiger partial charge is 0.384 e. The predicted octanol–water partition coefficient (Wildman–Crippen LogP) is 1.43. The second kappa shape index (κ2) is 4.21. The number of benzene rings is 1. The maximum Gasteiger partial charge on any atom is 0.259 e. The SMILES string of the molecule is Cc1c(C#N)c(N)n(-c2ccc3c(c2)C(=O)NC3=O)c1C. The van der Waals surface area contributed by atoms with E-state index < -0.39 is 11.8 Å². The van der Waals surface area contributed by atoms with Gasteiger partial charge in [0.05, 0.1) is 16.7 Å². The van der Waals surface area contributed by atoms with Crippen LogP contribution in [0.3, 0.4) is 0 Å². The maximum absolute atomic E-state index is 11.7. The van der Waals surface area contributed by atoms with Gasteiger partial charge in [-0.25, -0.2) is 0 Å². The van der Waals surface area contributed by atoms with Crippen molar-refractivity contribution in [2.24, 2.45) is 0 Å². The Hall–Kier alpha value is -3.07. The van der Waals surface area contributed by atoms with Crippen molar-refractivity contribution in [3.05, 3.63) is 46.1 Å². The molecule has 2 amide bonds. The molecule has 0 atom stereocenters. The Morgan fingerprint density at radius 1 is 1.19 bits per heavy atom. The Bertz CT molecular complexity index is 856. The molecule has 1 aromatic carbocycles. The van der Waals surface area contributed by atoms with Gasteiger partial charge < -0.3 is 5.73 Å². The molecule has 1 aliphatic rings. The van der Waals surface area contributed by atoms with Gasteiger partial charge in [0.15, 0.2) is 0 Å². The highest BCUT2D eigenvalue weighted by Crippen LogP contribution is 2.29. The summed E-state index contributed by atoms with van der Waals surface area (Å²) in [7, 11) is 0. The number of anilines is 1. The minimum atomic E-state index is -0.419. The molecule has 2 aromatic rings. The average Bonchev–Trinajstić information content (AvgIpc) is 2.85. The van der Waals surface area contributed by atoms with Gasteiger partial charge in [0.1, 0.15) is 11.9 Å². The van der Waals surface area contributed by atoms with Gasteiger partial charge in [-0.2, -0.15) is 5.26 Å². The molecule has 0 radical (unpaired) electrons. The third kappa shape index (κ3) is 1.64. The molecule has 1 aliphatic heterocycles. The van der Waals surface area contributed by atoms with Gasteiger partial charge in [-0.3, -0.25) is 19.5 Å². The van der Waals surface area contributed by atoms with Gasteiger partial charge >= 0.3 is 0 Å². The number of rotatable bonds is 1. The lowest BCUT2D eigenvalue weighted by Gasteiger charge is -2.10. The fourth-order valence-electron chi connectivity index (χ4n) is 2.60. The van der Waals surface area contributed by atoms with E-state index in [0.717, 1.165) is 11.3 Å². The van der Waals surface area contributed by atoms with Crippen LogP contribution in [0.4, 0.5) is 5.82 Å². The van der Waals surface area contributed by atoms with Crippen molar-refractivity contribution in [2.45, 2.75) is 13.8 Å². The molecule has 0 spiro atoms. The molecule has 0 aliphatic carbocycles. The number of nitriles is 1. The van der Waals surface area contributed by atoms with Crippen molar-refractivity contribution < 1.29 is 9.59 Å². The van der Waals surface area contributed by atoms with E-state index in [4.69, 9.17) is 11.0 Å². The van der Waals surface area contributed by atoms with Crippen LogP contribution in [0.2, 0.25) is 0 Å². The third-order valence-electron chi connectivity index (χ3n) is 3.84. The van der Waals surface area contributed by atoms with Crippen molar-refractivity contribution >= 4 is 17.6 Å². The van der Waals surface area contributed by atoms with E-state index in [0.29, 0.717) is 28.2 Å². The number of aromatic nitrogens is 1. The first-order valence-corrected chi connectivity index (χ1v) is 6.33. The minimum absolute atomic E-state index is 0.321. The number of hydrogen-bond donors (Lipinski definition) is 2. The smallest absolute Gasteiger partial charge is 0.259 e. The first-order chi connectivity index (χ1) is 9.95. The monoisotopic (exact) mass is 280 g/mol. The molecule has 3 N–H and O–H groups in total. The first kappa shape index (κ1) is 12.9. The predicted molar refractivity (Wildman–Crippen MR) is 76.2 cm³/mol. The lowest BCUT2D eigenvalue weighted by molar-refractivity contribution is 0.0879. The first-order valence-electron chi connectivity index (χ1n) is 6.33. The standard InChI is InChI=1S/C15H12N4O2/c1-7-8(2)19(13(17)12(7)6-16)9-3-4-10-11(5-9)15(21)18-14(10)20/h3-5H,17H2,1-2H3,(H,18,20,21). The van der Waals surface area contributed by atoms with Gasteiger partial charge in [-0.15, -0.1) is 0 Å². The van der Waals surface area contributed by atoms with Crippen molar-refractivity contribution in [3.63, 3.8) is 0 Å². The van der Waals surface area contributed by atoms with Crippen LogP contribution in [0.5, 0.6) is 0 Å². The Kier molecular flexibility index (Phi) is 2.60. The summed E-state index contributed by atoms with van der Waals surface area (Å²) in [4.78, 5) is 23.3. The maximum atomic E-state index is 11.7. The second-order valence-electron chi connectivity index (χ2n) is 4.93. The van der Waals surface area contributed by atoms with E-state index in [1.807, 2.05) is 13.8 Å². The molecule has 21 heavy (non-hydrogen) atoms. The van der Waals surface area contributed by atoms with Crippen LogP contribution in [0.1, 0.15) is 37.5 Å². The van der Waals surface area contributed by atoms with Crippen LogP contribution in [0.25, 0.3) is 5.69 Å². The van der Waals surface area contributed by atoms with Crippen LogP contribution in [0, 0.1) is 25.2 Å². The van der Waals surface area contributed by atoms with Crippen molar-refractivity contribution in [1.82, 2.24) is 9.88 Å². The van der Waals surface area contributed by atoms with Crippen molar-refractivity contribution in [2.75, 3.05) is 5.73 Å². The molecule has 104 valence electrons. The molecule has 6 nitrogen and oxygen atoms in total. The normalized spacial score (nSPS) is 13.0. The second-order valence-corrected chi connectivity index (χ2v) is 4.93. The van der Waals surface area contributed by atoms with Gasteiger partial charge in [-0.1, -0.05) is 0 Å². The molecule has 0 unspecified atom stereocenters. The van der Waals surface area contributed by atoms with Crippen molar-refractivity contribution in [1.29, 1.82) is 5.26 Å². The number of nitrogen functional groups attached to an aromatic ring is 1. The fourth-order valence-corrected chi connectivity index (χ4v) is 2.60. The van der Waals surface area contributed by atoms with E-state index in [9.17, 15) is 9.59 Å². The van der Waals surface area contributed by atoms with Gasteiger partial charge in [-0.05, 0) is 37.6 Å². The minimum Gasteiger partial charge on any atom is -0.384 e. The van der Waals surface area contributed by atoms with Crippen molar-refractivity contribution in [3.8, 4) is 11.8 Å². The summed E-state index contributed by atoms with van der Waals surface area (Å²) in [5, 5.41) is 11.4. The Labute approximate surface area is 120 Å². The summed E-state index contributed by atoms with van der Waals surface area (Å²) >= 11 is 0. The number of nitrogens with two attached hydrogens (primary N) is 1. The number of imide groups is 1. The summed E-state index contributed by atoms with van der Waals surface area (Å²) in [6.07, 6.45) is 0. The van der Waals surface area contributed by atoms with Gasteiger partial charge in [0.25, 0.3) is 11.8 Å². The van der Waals surface area contributed by atoms with E-state index in [1.165, 1.54) is 0 Å². The quantitative estimate of drug-likeness (QED) is 0.771. The highest BCUT2D eigenvalue weighted by atomic mass is 16.2. The van der Waals surface area contributed by atoms with Crippen LogP contribution in [-0.4, -0.2) is 16.4 Å². The van der Waals surface area contributed by atoms with Crippen LogP contribution in [0.15, 0.2) is 18.2 Å². The Balaban J connectivity index is 2.25. The molecule has 0 fully saturated rings. The third-order valence-corrected chi connectivity index (χ3v) is 3.84. The summed E-state index contributed by atoms with van der Waals surface area (Å²) < 4.78 is 1.71. The number of hydrogen-bond acceptors (Lipinski definition) is 4. The van der Waals surface area contributed by atoms with E-state index in [1.54, 1.807) is 22.8 Å². The van der Waals surface area contributed by atoms with Crippen LogP contribution >= 0.6 is 0 Å². The Morgan fingerprint density at radius 2 is 1.86 bits per heavy atom. The molecule has 2 heterocycles. The van der Waals surface area contributed by atoms with E-state index in [-0.39, 0.29) is 0 Å². The lowest BCUT2D eigenvalue weighted by atomic mass is 10.1. The van der Waals surface area contributed by atoms with Crippen LogP contribution < -0.4 is 11.1 Å². The van der Waals surface area contributed by atoms with Crippen LogP contribution in [-0.2, 0) is 0 Å². The zero-order valence-corrected chi connectivity index (χ0v) is 11.5. The number of amides is 2. The molecular weight excluding hydrogens is 268 g/mol. The summed E-state index contributed by atoms with van der Waals surface area (Å²) in [6, 6.07) is 6.99. The topological polar surface area (TPSA) is 101 Å². The number of nitrogens with zero attached hydrogens (tertiary/aromatic N) is 2. The molecular formula is C15H12N4O2. The highest BCUT2D eigenvalue weighted by Gasteiger charge is 2.27. The summed E-state index contributed by atoms with van der Waals surface area (Å²) in [5.74, 6) is -0.484. The number of fused-ring (bicyclic) bond motifs is 1. The molecule has 6 heteroatoms. The van der Waals surface area contributed by atoms with Gasteiger partial charge in [0.2, 0.25) is 0 Å². The van der Waals surface area contributed by atoms with E-state index in [2.05, 4.69) is 11.4 Å². The highest BCUT2D eigenvalue weighted by molar-refractivity contribution is 6.21. The van der Waals surface area contributed by atoms with E-state index >= 15 is 0 Å². The Morgan fingerprint density at radius 3 is 2.48 bits per heavy atom. The molecule has 0 bridgehead atoms. The summed E-state index contributed by atoms with van der Waals surface area (Å²) in [5.41, 5.74) is 9.40. The molecule has 1 aromatic heterocycles. The van der Waals surface area contributed by atoms with Gasteiger partial charge in [0, 0.05) is 11.4 Å². The average molecular weight is 280 g/mol. The zero-order valence-electron chi connectivity index (χ0n) is 11.5. The molecule has 0 saturated carbocycles. The lowest BCUT2D eigenvalue weighted by Crippen LogP contribution is -2.19. The zero-order chi connectivity index (χ0) is 15.3. The number of nitrogens with one attached hydrogen (secondary N) is 1. The summed E-state index contributed by atoms with van der Waals surface area (Å²) in [6.45, 7) is 3.68.